The number of hydrogen-bond donors (Lipinski definition) is 0. The number of carbonyl (C=O) groups excluding carboxylic acids is 2. The van der Waals surface area contributed by atoms with Gasteiger partial charge in [0.25, 0.3) is 5.91 Å². The first-order valence-electron chi connectivity index (χ1n) is 8.88. The number of halogens is 1. The first-order chi connectivity index (χ1) is 12.8. The summed E-state index contributed by atoms with van der Waals surface area (Å²) in [7, 11) is 3.00. The number of ether oxygens (including phenoxy) is 3. The third-order valence-corrected chi connectivity index (χ3v) is 4.71. The molecule has 1 aliphatic heterocycles. The average molecular weight is 396 g/mol. The Morgan fingerprint density at radius 2 is 1.85 bits per heavy atom. The van der Waals surface area contributed by atoms with Gasteiger partial charge in [0, 0.05) is 19.2 Å². The molecular formula is C20H26ClNO5. The Bertz CT molecular complexity index is 709. The van der Waals surface area contributed by atoms with Gasteiger partial charge in [0.15, 0.2) is 18.1 Å². The third-order valence-electron chi connectivity index (χ3n) is 4.43. The van der Waals surface area contributed by atoms with Crippen molar-refractivity contribution in [2.45, 2.75) is 20.3 Å². The molecule has 0 aliphatic carbocycles. The van der Waals surface area contributed by atoms with Crippen molar-refractivity contribution in [3.63, 3.8) is 0 Å². The van der Waals surface area contributed by atoms with Gasteiger partial charge in [0.2, 0.25) is 0 Å². The molecule has 0 bridgehead atoms. The molecule has 0 spiro atoms. The summed E-state index contributed by atoms with van der Waals surface area (Å²) in [5.74, 6) is 1.05. The van der Waals surface area contributed by atoms with Crippen molar-refractivity contribution in [3.8, 4) is 11.5 Å². The molecule has 7 heteroatoms. The lowest BCUT2D eigenvalue weighted by Gasteiger charge is -2.34. The lowest BCUT2D eigenvalue weighted by molar-refractivity contribution is -0.149. The minimum absolute atomic E-state index is 0.163. The maximum atomic E-state index is 12.2. The van der Waals surface area contributed by atoms with E-state index in [1.165, 1.54) is 20.3 Å². The number of nitrogens with zero attached hydrogens (tertiary/aromatic N) is 1. The van der Waals surface area contributed by atoms with Crippen molar-refractivity contribution in [2.75, 3.05) is 33.9 Å². The predicted molar refractivity (Wildman–Crippen MR) is 104 cm³/mol. The van der Waals surface area contributed by atoms with Crippen molar-refractivity contribution in [1.29, 1.82) is 0 Å². The van der Waals surface area contributed by atoms with E-state index in [9.17, 15) is 9.59 Å². The van der Waals surface area contributed by atoms with E-state index in [0.29, 0.717) is 47.0 Å². The minimum atomic E-state index is -0.590. The van der Waals surface area contributed by atoms with Crippen LogP contribution in [0.25, 0.3) is 6.08 Å². The smallest absolute Gasteiger partial charge is 0.331 e. The Morgan fingerprint density at radius 1 is 1.19 bits per heavy atom. The quantitative estimate of drug-likeness (QED) is 0.545. The Hall–Kier alpha value is -2.21. The van der Waals surface area contributed by atoms with Crippen LogP contribution in [0, 0.1) is 11.8 Å². The van der Waals surface area contributed by atoms with Gasteiger partial charge in [0.1, 0.15) is 0 Å². The van der Waals surface area contributed by atoms with Gasteiger partial charge in [-0.15, -0.1) is 0 Å². The van der Waals surface area contributed by atoms with E-state index >= 15 is 0 Å². The summed E-state index contributed by atoms with van der Waals surface area (Å²) >= 11 is 6.14. The molecule has 1 aromatic carbocycles. The predicted octanol–water partition coefficient (Wildman–Crippen LogP) is 3.42. The fraction of sp³-hybridized carbons (Fsp3) is 0.500. The molecule has 1 amide bonds. The van der Waals surface area contributed by atoms with Crippen LogP contribution in [-0.4, -0.2) is 50.7 Å². The summed E-state index contributed by atoms with van der Waals surface area (Å²) in [5, 5.41) is 0.369. The molecule has 0 saturated carbocycles. The van der Waals surface area contributed by atoms with Crippen molar-refractivity contribution < 1.29 is 23.8 Å². The molecule has 1 aliphatic rings. The SMILES string of the molecule is COc1cc(/C=C/C(=O)OCC(=O)N2C[C@@H](C)C[C@H](C)C2)cc(Cl)c1OC. The van der Waals surface area contributed by atoms with E-state index in [1.807, 2.05) is 0 Å². The molecule has 1 heterocycles. The monoisotopic (exact) mass is 395 g/mol. The van der Waals surface area contributed by atoms with Gasteiger partial charge in [-0.05, 0) is 42.0 Å². The highest BCUT2D eigenvalue weighted by Crippen LogP contribution is 2.36. The molecule has 0 N–H and O–H groups in total. The third kappa shape index (κ3) is 5.89. The summed E-state index contributed by atoms with van der Waals surface area (Å²) in [4.78, 5) is 25.9. The van der Waals surface area contributed by atoms with Crippen LogP contribution in [0.5, 0.6) is 11.5 Å². The standard InChI is InChI=1S/C20H26ClNO5/c1-13-7-14(2)11-22(10-13)18(23)12-27-19(24)6-5-15-8-16(21)20(26-4)17(9-15)25-3/h5-6,8-9,13-14H,7,10-12H2,1-4H3/b6-5+/t13-,14-/m0/s1. The van der Waals surface area contributed by atoms with E-state index in [1.54, 1.807) is 23.1 Å². The Balaban J connectivity index is 1.92. The number of benzene rings is 1. The zero-order chi connectivity index (χ0) is 20.0. The number of hydrogen-bond acceptors (Lipinski definition) is 5. The van der Waals surface area contributed by atoms with Crippen molar-refractivity contribution >= 4 is 29.6 Å². The minimum Gasteiger partial charge on any atom is -0.493 e. The van der Waals surface area contributed by atoms with Crippen LogP contribution in [0.15, 0.2) is 18.2 Å². The maximum absolute atomic E-state index is 12.2. The second-order valence-corrected chi connectivity index (χ2v) is 7.33. The molecule has 1 aromatic rings. The van der Waals surface area contributed by atoms with Gasteiger partial charge >= 0.3 is 5.97 Å². The second kappa shape index (κ2) is 9.65. The van der Waals surface area contributed by atoms with Gasteiger partial charge in [-0.3, -0.25) is 4.79 Å². The van der Waals surface area contributed by atoms with Crippen LogP contribution in [0.1, 0.15) is 25.8 Å². The molecule has 1 saturated heterocycles. The molecule has 0 radical (unpaired) electrons. The van der Waals surface area contributed by atoms with Crippen LogP contribution >= 0.6 is 11.6 Å². The highest BCUT2D eigenvalue weighted by atomic mass is 35.5. The average Bonchev–Trinajstić information content (AvgIpc) is 2.62. The Morgan fingerprint density at radius 3 is 2.44 bits per heavy atom. The summed E-state index contributed by atoms with van der Waals surface area (Å²) in [5.41, 5.74) is 0.652. The fourth-order valence-electron chi connectivity index (χ4n) is 3.34. The fourth-order valence-corrected chi connectivity index (χ4v) is 3.63. The number of likely N-dealkylation sites (tertiary alicyclic amines) is 1. The highest BCUT2D eigenvalue weighted by molar-refractivity contribution is 6.32. The lowest BCUT2D eigenvalue weighted by atomic mass is 9.92. The van der Waals surface area contributed by atoms with Crippen molar-refractivity contribution in [3.05, 3.63) is 28.8 Å². The largest absolute Gasteiger partial charge is 0.493 e. The maximum Gasteiger partial charge on any atom is 0.331 e. The van der Waals surface area contributed by atoms with Crippen LogP contribution < -0.4 is 9.47 Å². The number of rotatable bonds is 6. The van der Waals surface area contributed by atoms with E-state index in [4.69, 9.17) is 25.8 Å². The summed E-state index contributed by atoms with van der Waals surface area (Å²) in [6.07, 6.45) is 3.91. The van der Waals surface area contributed by atoms with E-state index in [-0.39, 0.29) is 12.5 Å². The zero-order valence-corrected chi connectivity index (χ0v) is 16.9. The first kappa shape index (κ1) is 21.1. The normalized spacial score (nSPS) is 19.8. The summed E-state index contributed by atoms with van der Waals surface area (Å²) < 4.78 is 15.5. The summed E-state index contributed by atoms with van der Waals surface area (Å²) in [6.45, 7) is 5.41. The number of methoxy groups -OCH3 is 2. The topological polar surface area (TPSA) is 65.1 Å². The molecule has 0 unspecified atom stereocenters. The Labute approximate surface area is 165 Å². The van der Waals surface area contributed by atoms with Gasteiger partial charge in [0.05, 0.1) is 19.2 Å². The van der Waals surface area contributed by atoms with Crippen LogP contribution in [0.4, 0.5) is 0 Å². The van der Waals surface area contributed by atoms with E-state index in [2.05, 4.69) is 13.8 Å². The molecule has 2 rings (SSSR count). The van der Waals surface area contributed by atoms with Gasteiger partial charge in [-0.25, -0.2) is 4.79 Å². The van der Waals surface area contributed by atoms with Crippen LogP contribution in [0.3, 0.4) is 0 Å². The summed E-state index contributed by atoms with van der Waals surface area (Å²) in [6, 6.07) is 3.34. The van der Waals surface area contributed by atoms with E-state index < -0.39 is 5.97 Å². The molecular weight excluding hydrogens is 370 g/mol. The molecule has 148 valence electrons. The van der Waals surface area contributed by atoms with E-state index in [0.717, 1.165) is 6.42 Å². The van der Waals surface area contributed by atoms with Crippen LogP contribution in [-0.2, 0) is 14.3 Å². The number of carbonyl (C=O) groups is 2. The van der Waals surface area contributed by atoms with Crippen LogP contribution in [0.2, 0.25) is 5.02 Å². The van der Waals surface area contributed by atoms with Crippen molar-refractivity contribution in [2.24, 2.45) is 11.8 Å². The Kier molecular flexibility index (Phi) is 7.54. The number of piperidine rings is 1. The first-order valence-corrected chi connectivity index (χ1v) is 9.26. The van der Waals surface area contributed by atoms with Gasteiger partial charge < -0.3 is 19.1 Å². The number of esters is 1. The molecule has 1 fully saturated rings. The second-order valence-electron chi connectivity index (χ2n) is 6.92. The zero-order valence-electron chi connectivity index (χ0n) is 16.2. The molecule has 27 heavy (non-hydrogen) atoms. The molecule has 0 aromatic heterocycles. The van der Waals surface area contributed by atoms with Gasteiger partial charge in [-0.1, -0.05) is 25.4 Å². The lowest BCUT2D eigenvalue weighted by Crippen LogP contribution is -2.44. The highest BCUT2D eigenvalue weighted by Gasteiger charge is 2.25. The molecule has 6 nitrogen and oxygen atoms in total. The molecule has 2 atom stereocenters. The van der Waals surface area contributed by atoms with Crippen molar-refractivity contribution in [1.82, 2.24) is 4.90 Å². The number of amides is 1. The van der Waals surface area contributed by atoms with Gasteiger partial charge in [-0.2, -0.15) is 0 Å².